The molecule has 5 aliphatic rings. The van der Waals surface area contributed by atoms with Crippen molar-refractivity contribution in [3.63, 3.8) is 0 Å². The van der Waals surface area contributed by atoms with E-state index >= 15 is 8.78 Å². The number of piperidine rings is 3. The number of amides is 3. The third-order valence-electron chi connectivity index (χ3n) is 8.46. The van der Waals surface area contributed by atoms with Gasteiger partial charge >= 0.3 is 0 Å². The Balaban J connectivity index is 1.37. The summed E-state index contributed by atoms with van der Waals surface area (Å²) in [4.78, 5) is 41.1. The molecule has 0 spiro atoms. The smallest absolute Gasteiger partial charge is 0.255 e. The van der Waals surface area contributed by atoms with Crippen LogP contribution >= 0.6 is 0 Å². The van der Waals surface area contributed by atoms with Gasteiger partial charge in [0.1, 0.15) is 18.1 Å². The highest BCUT2D eigenvalue weighted by Gasteiger charge is 2.61. The van der Waals surface area contributed by atoms with Crippen molar-refractivity contribution >= 4 is 23.4 Å². The Labute approximate surface area is 220 Å². The van der Waals surface area contributed by atoms with Crippen molar-refractivity contribution in [2.24, 2.45) is 24.8 Å². The second-order valence-corrected chi connectivity index (χ2v) is 11.3. The van der Waals surface area contributed by atoms with Gasteiger partial charge in [0.2, 0.25) is 17.7 Å². The van der Waals surface area contributed by atoms with Crippen LogP contribution in [0.4, 0.5) is 14.5 Å². The summed E-state index contributed by atoms with van der Waals surface area (Å²) in [6, 6.07) is -1.81. The van der Waals surface area contributed by atoms with Gasteiger partial charge in [-0.05, 0) is 44.4 Å². The number of aromatic nitrogens is 2. The summed E-state index contributed by atoms with van der Waals surface area (Å²) >= 11 is 0. The summed E-state index contributed by atoms with van der Waals surface area (Å²) < 4.78 is 31.8. The van der Waals surface area contributed by atoms with Gasteiger partial charge < -0.3 is 20.9 Å². The third kappa shape index (κ3) is 5.47. The molecule has 6 atom stereocenters. The van der Waals surface area contributed by atoms with E-state index in [0.29, 0.717) is 37.4 Å². The van der Waals surface area contributed by atoms with Gasteiger partial charge in [0, 0.05) is 38.2 Å². The van der Waals surface area contributed by atoms with Gasteiger partial charge in [-0.2, -0.15) is 10.4 Å². The number of fused-ring (bicyclic) bond motifs is 3. The van der Waals surface area contributed by atoms with Crippen molar-refractivity contribution in [1.29, 1.82) is 5.26 Å². The molecule has 0 unspecified atom stereocenters. The maximum atomic E-state index is 15.1. The van der Waals surface area contributed by atoms with Crippen molar-refractivity contribution in [2.75, 3.05) is 11.9 Å². The molecule has 4 heterocycles. The van der Waals surface area contributed by atoms with E-state index in [1.165, 1.54) is 4.90 Å². The van der Waals surface area contributed by atoms with Crippen LogP contribution in [0.3, 0.4) is 0 Å². The van der Waals surface area contributed by atoms with E-state index < -0.39 is 54.3 Å². The Morgan fingerprint density at radius 2 is 2.05 bits per heavy atom. The number of nitriles is 1. The number of nitrogens with one attached hydrogen (secondary N) is 3. The second kappa shape index (κ2) is 10.5. The Morgan fingerprint density at radius 3 is 2.68 bits per heavy atom. The molecule has 2 aliphatic carbocycles. The fourth-order valence-electron chi connectivity index (χ4n) is 6.36. The van der Waals surface area contributed by atoms with Crippen LogP contribution in [0.15, 0.2) is 12.4 Å². The Bertz CT molecular complexity index is 1110. The maximum absolute atomic E-state index is 15.1. The molecule has 3 aliphatic heterocycles. The van der Waals surface area contributed by atoms with Crippen LogP contribution in [0.2, 0.25) is 0 Å². The summed E-state index contributed by atoms with van der Waals surface area (Å²) in [6.45, 7) is 0.575. The zero-order valence-electron chi connectivity index (χ0n) is 21.5. The van der Waals surface area contributed by atoms with Crippen LogP contribution in [0.25, 0.3) is 0 Å². The topological polar surface area (TPSA) is 132 Å². The summed E-state index contributed by atoms with van der Waals surface area (Å²) in [5.74, 6) is -5.76. The van der Waals surface area contributed by atoms with Gasteiger partial charge in [-0.3, -0.25) is 19.1 Å². The zero-order valence-corrected chi connectivity index (χ0v) is 21.5. The summed E-state index contributed by atoms with van der Waals surface area (Å²) in [7, 11) is 1.76. The average Bonchev–Trinajstić information content (AvgIpc) is 3.61. The number of hydrogen-bond acceptors (Lipinski definition) is 6. The molecule has 10 nitrogen and oxygen atoms in total. The largest absolute Gasteiger partial charge is 0.371 e. The quantitative estimate of drug-likeness (QED) is 0.446. The number of carbonyl (C=O) groups excluding carboxylic acids is 3. The molecule has 3 N–H and O–H groups in total. The molecule has 3 saturated heterocycles. The van der Waals surface area contributed by atoms with Crippen LogP contribution in [-0.2, 0) is 21.4 Å². The number of carbonyl (C=O) groups is 3. The summed E-state index contributed by atoms with van der Waals surface area (Å²) in [6.07, 6.45) is 7.44. The van der Waals surface area contributed by atoms with Crippen molar-refractivity contribution < 1.29 is 23.2 Å². The molecule has 38 heavy (non-hydrogen) atoms. The Morgan fingerprint density at radius 1 is 1.26 bits per heavy atom. The van der Waals surface area contributed by atoms with E-state index in [2.05, 4.69) is 21.0 Å². The normalized spacial score (nSPS) is 29.6. The number of aryl methyl sites for hydroxylation is 1. The molecular weight excluding hydrogens is 496 g/mol. The fourth-order valence-corrected chi connectivity index (χ4v) is 6.36. The molecule has 5 fully saturated rings. The van der Waals surface area contributed by atoms with Gasteiger partial charge in [-0.1, -0.05) is 12.8 Å². The minimum atomic E-state index is -3.09. The monoisotopic (exact) mass is 531 g/mol. The lowest BCUT2D eigenvalue weighted by Gasteiger charge is -2.54. The lowest BCUT2D eigenvalue weighted by atomic mass is 9.71. The first-order chi connectivity index (χ1) is 18.2. The van der Waals surface area contributed by atoms with Gasteiger partial charge in [-0.15, -0.1) is 0 Å². The summed E-state index contributed by atoms with van der Waals surface area (Å²) in [5.41, 5.74) is 0.648. The van der Waals surface area contributed by atoms with Gasteiger partial charge in [0.25, 0.3) is 5.92 Å². The predicted molar refractivity (Wildman–Crippen MR) is 133 cm³/mol. The van der Waals surface area contributed by atoms with Crippen LogP contribution in [-0.4, -0.2) is 69.0 Å². The number of hydrogen-bond donors (Lipinski definition) is 3. The van der Waals surface area contributed by atoms with E-state index in [-0.39, 0.29) is 24.7 Å². The van der Waals surface area contributed by atoms with Crippen molar-refractivity contribution in [3.8, 4) is 6.07 Å². The van der Waals surface area contributed by atoms with Crippen LogP contribution in [0, 0.1) is 29.1 Å². The molecule has 1 aromatic heterocycles. The van der Waals surface area contributed by atoms with E-state index in [1.807, 2.05) is 6.07 Å². The highest BCUT2D eigenvalue weighted by atomic mass is 19.3. The van der Waals surface area contributed by atoms with E-state index in [4.69, 9.17) is 0 Å². The van der Waals surface area contributed by atoms with Crippen molar-refractivity contribution in [3.05, 3.63) is 12.4 Å². The molecule has 0 radical (unpaired) electrons. The number of halogens is 2. The van der Waals surface area contributed by atoms with Gasteiger partial charge in [0.05, 0.1) is 23.9 Å². The first-order valence-electron chi connectivity index (χ1n) is 13.6. The molecular formula is C26H35F2N7O3. The lowest BCUT2D eigenvalue weighted by molar-refractivity contribution is -0.194. The molecule has 1 aromatic rings. The minimum Gasteiger partial charge on any atom is -0.371 e. The fraction of sp³-hybridized carbons (Fsp3) is 0.731. The molecule has 12 heteroatoms. The number of nitrogens with zero attached hydrogens (tertiary/aromatic N) is 4. The molecule has 2 bridgehead atoms. The first kappa shape index (κ1) is 26.4. The van der Waals surface area contributed by atoms with Crippen LogP contribution in [0.5, 0.6) is 0 Å². The SMILES string of the molecule is Cn1cc(N[C@@H](CC2CC2)C(=O)N2[C@@H]3CC[C@H]([C@H]2C(=O)N[C@H](C#N)C[C@@H]2CCCNC2=O)C(F)(F)C3)cn1. The number of anilines is 1. The maximum Gasteiger partial charge on any atom is 0.255 e. The molecule has 206 valence electrons. The lowest BCUT2D eigenvalue weighted by Crippen LogP contribution is -2.70. The third-order valence-corrected chi connectivity index (χ3v) is 8.46. The van der Waals surface area contributed by atoms with Crippen LogP contribution in [0.1, 0.15) is 57.8 Å². The first-order valence-corrected chi connectivity index (χ1v) is 13.6. The van der Waals surface area contributed by atoms with E-state index in [0.717, 1.165) is 19.3 Å². The number of rotatable bonds is 9. The average molecular weight is 532 g/mol. The Hall–Kier alpha value is -3.23. The van der Waals surface area contributed by atoms with Gasteiger partial charge in [-0.25, -0.2) is 8.78 Å². The van der Waals surface area contributed by atoms with E-state index in [1.54, 1.807) is 24.1 Å². The van der Waals surface area contributed by atoms with E-state index in [9.17, 15) is 19.6 Å². The van der Waals surface area contributed by atoms with Crippen molar-refractivity contribution in [2.45, 2.75) is 87.9 Å². The van der Waals surface area contributed by atoms with Crippen LogP contribution < -0.4 is 16.0 Å². The zero-order chi connectivity index (χ0) is 27.0. The molecule has 2 saturated carbocycles. The highest BCUT2D eigenvalue weighted by Crippen LogP contribution is 2.49. The van der Waals surface area contributed by atoms with Crippen molar-refractivity contribution in [1.82, 2.24) is 25.3 Å². The Kier molecular flexibility index (Phi) is 7.29. The molecule has 3 amide bonds. The standard InChI is InChI=1S/C26H35F2N7O3/c1-34-14-18(13-31-34)32-21(9-15-4-5-15)25(38)35-19-6-7-20(26(27,28)11-19)22(35)24(37)33-17(12-29)10-16-3-2-8-30-23(16)36/h13-17,19-22,32H,2-11H2,1H3,(H,30,36)(H,33,37)/t16-,17-,19+,20+,21-,22-/m0/s1. The number of alkyl halides is 2. The summed E-state index contributed by atoms with van der Waals surface area (Å²) in [5, 5.41) is 22.5. The van der Waals surface area contributed by atoms with Gasteiger partial charge in [0.15, 0.2) is 0 Å². The predicted octanol–water partition coefficient (Wildman–Crippen LogP) is 1.94. The highest BCUT2D eigenvalue weighted by molar-refractivity contribution is 5.92. The molecule has 6 rings (SSSR count). The molecule has 0 aromatic carbocycles. The second-order valence-electron chi connectivity index (χ2n) is 11.3. The minimum absolute atomic E-state index is 0.103.